The fraction of sp³-hybridized carbons (Fsp3) is 0.458. The van der Waals surface area contributed by atoms with Gasteiger partial charge in [-0.1, -0.05) is 35.4 Å². The molecule has 1 aromatic heterocycles. The molecule has 0 aliphatic carbocycles. The lowest BCUT2D eigenvalue weighted by atomic mass is 9.86. The summed E-state index contributed by atoms with van der Waals surface area (Å²) in [6.45, 7) is 8.25. The van der Waals surface area contributed by atoms with Gasteiger partial charge in [-0.05, 0) is 65.5 Å². The van der Waals surface area contributed by atoms with Crippen molar-refractivity contribution < 1.29 is 14.3 Å². The highest BCUT2D eigenvalue weighted by atomic mass is 16.6. The molecule has 0 spiro atoms. The molecule has 0 saturated carbocycles. The Hall–Kier alpha value is -2.33. The first kappa shape index (κ1) is 20.4. The van der Waals surface area contributed by atoms with Crippen LogP contribution in [-0.4, -0.2) is 16.8 Å². The van der Waals surface area contributed by atoms with Crippen molar-refractivity contribution in [2.75, 3.05) is 0 Å². The third-order valence-corrected chi connectivity index (χ3v) is 5.51. The number of para-hydroxylation sites is 1. The van der Waals surface area contributed by atoms with Crippen LogP contribution in [0.2, 0.25) is 0 Å². The largest absolute Gasteiger partial charge is 0.456 e. The Labute approximate surface area is 166 Å². The monoisotopic (exact) mass is 382 g/mol. The normalized spacial score (nSPS) is 21.9. The topological polar surface area (TPSA) is 59.7 Å². The van der Waals surface area contributed by atoms with Crippen molar-refractivity contribution in [3.05, 3.63) is 63.4 Å². The molecule has 0 saturated heterocycles. The number of rotatable bonds is 6. The molecule has 2 atom stereocenters. The maximum absolute atomic E-state index is 12.7. The van der Waals surface area contributed by atoms with E-state index in [1.807, 2.05) is 19.1 Å². The SMILES string of the molecule is CC(C)=CCC/C(C)=C/CC[C@@]1(C)Oc2oc3ccccc3c(=O)c2C[C@@H]1O. The van der Waals surface area contributed by atoms with Gasteiger partial charge in [-0.2, -0.15) is 0 Å². The third-order valence-electron chi connectivity index (χ3n) is 5.51. The van der Waals surface area contributed by atoms with E-state index >= 15 is 0 Å². The van der Waals surface area contributed by atoms with Gasteiger partial charge in [-0.3, -0.25) is 4.79 Å². The molecule has 2 aromatic rings. The van der Waals surface area contributed by atoms with Crippen LogP contribution in [0, 0.1) is 0 Å². The van der Waals surface area contributed by atoms with E-state index in [-0.39, 0.29) is 17.8 Å². The van der Waals surface area contributed by atoms with Gasteiger partial charge in [-0.15, -0.1) is 0 Å². The minimum Gasteiger partial charge on any atom is -0.456 e. The fourth-order valence-corrected chi connectivity index (χ4v) is 3.62. The van der Waals surface area contributed by atoms with Crippen molar-refractivity contribution in [2.24, 2.45) is 0 Å². The molecule has 1 aliphatic rings. The van der Waals surface area contributed by atoms with Crippen LogP contribution < -0.4 is 10.2 Å². The van der Waals surface area contributed by atoms with E-state index < -0.39 is 11.7 Å². The summed E-state index contributed by atoms with van der Waals surface area (Å²) in [6.07, 6.45) is 7.51. The van der Waals surface area contributed by atoms with Crippen LogP contribution in [0.1, 0.15) is 58.9 Å². The Morgan fingerprint density at radius 3 is 2.71 bits per heavy atom. The molecule has 2 heterocycles. The number of hydrogen-bond acceptors (Lipinski definition) is 4. The highest BCUT2D eigenvalue weighted by molar-refractivity contribution is 5.77. The van der Waals surface area contributed by atoms with Gasteiger partial charge in [0.1, 0.15) is 11.2 Å². The van der Waals surface area contributed by atoms with Crippen LogP contribution >= 0.6 is 0 Å². The van der Waals surface area contributed by atoms with E-state index in [2.05, 4.69) is 32.9 Å². The predicted octanol–water partition coefficient (Wildman–Crippen LogP) is 5.32. The summed E-state index contributed by atoms with van der Waals surface area (Å²) in [5, 5.41) is 11.2. The number of benzene rings is 1. The summed E-state index contributed by atoms with van der Waals surface area (Å²) in [7, 11) is 0. The summed E-state index contributed by atoms with van der Waals surface area (Å²) in [5.41, 5.74) is 2.73. The Morgan fingerprint density at radius 1 is 1.21 bits per heavy atom. The average molecular weight is 383 g/mol. The first-order valence-electron chi connectivity index (χ1n) is 10.0. The predicted molar refractivity (Wildman–Crippen MR) is 113 cm³/mol. The number of aliphatic hydroxyl groups is 1. The third kappa shape index (κ3) is 4.39. The lowest BCUT2D eigenvalue weighted by Crippen LogP contribution is -2.50. The Morgan fingerprint density at radius 2 is 1.96 bits per heavy atom. The number of allylic oxidation sites excluding steroid dienone is 4. The van der Waals surface area contributed by atoms with Gasteiger partial charge in [0.25, 0.3) is 5.95 Å². The minimum absolute atomic E-state index is 0.118. The van der Waals surface area contributed by atoms with E-state index in [0.29, 0.717) is 23.0 Å². The van der Waals surface area contributed by atoms with E-state index in [1.165, 1.54) is 11.1 Å². The molecule has 4 nitrogen and oxygen atoms in total. The van der Waals surface area contributed by atoms with Crippen LogP contribution in [0.25, 0.3) is 11.0 Å². The van der Waals surface area contributed by atoms with Crippen molar-refractivity contribution in [1.82, 2.24) is 0 Å². The van der Waals surface area contributed by atoms with Crippen LogP contribution in [0.15, 0.2) is 56.8 Å². The molecule has 1 aliphatic heterocycles. The van der Waals surface area contributed by atoms with Gasteiger partial charge in [-0.25, -0.2) is 0 Å². The van der Waals surface area contributed by atoms with Gasteiger partial charge >= 0.3 is 0 Å². The molecule has 150 valence electrons. The maximum Gasteiger partial charge on any atom is 0.292 e. The zero-order valence-corrected chi connectivity index (χ0v) is 17.2. The molecule has 0 unspecified atom stereocenters. The molecule has 3 rings (SSSR count). The highest BCUT2D eigenvalue weighted by Gasteiger charge is 2.42. The number of ether oxygens (including phenoxy) is 1. The van der Waals surface area contributed by atoms with Gasteiger partial charge in [0.2, 0.25) is 0 Å². The Bertz CT molecular complexity index is 962. The first-order chi connectivity index (χ1) is 13.3. The second-order valence-corrected chi connectivity index (χ2v) is 8.24. The lowest BCUT2D eigenvalue weighted by molar-refractivity contribution is -0.0726. The molecule has 1 aromatic carbocycles. The van der Waals surface area contributed by atoms with Crippen molar-refractivity contribution in [3.8, 4) is 5.95 Å². The highest BCUT2D eigenvalue weighted by Crippen LogP contribution is 2.36. The summed E-state index contributed by atoms with van der Waals surface area (Å²) in [4.78, 5) is 12.7. The van der Waals surface area contributed by atoms with Crippen molar-refractivity contribution >= 4 is 11.0 Å². The number of aliphatic hydroxyl groups excluding tert-OH is 1. The van der Waals surface area contributed by atoms with E-state index in [9.17, 15) is 9.90 Å². The Kier molecular flexibility index (Phi) is 6.09. The quantitative estimate of drug-likeness (QED) is 0.687. The molecule has 0 amide bonds. The molecule has 0 radical (unpaired) electrons. The lowest BCUT2D eigenvalue weighted by Gasteiger charge is -2.38. The first-order valence-corrected chi connectivity index (χ1v) is 10.0. The number of fused-ring (bicyclic) bond motifs is 2. The van der Waals surface area contributed by atoms with E-state index in [4.69, 9.17) is 9.15 Å². The summed E-state index contributed by atoms with van der Waals surface area (Å²) in [6, 6.07) is 7.14. The second-order valence-electron chi connectivity index (χ2n) is 8.24. The molecule has 28 heavy (non-hydrogen) atoms. The summed E-state index contributed by atoms with van der Waals surface area (Å²) >= 11 is 0. The standard InChI is InChI=1S/C24H30O4/c1-16(2)9-7-10-17(3)11-8-14-24(4)21(25)15-19-22(26)18-12-5-6-13-20(18)27-23(19)28-24/h5-6,9,11-13,21,25H,7-8,10,14-15H2,1-4H3/b17-11+/t21-,24+/m0/s1. The second kappa shape index (κ2) is 8.36. The van der Waals surface area contributed by atoms with Gasteiger partial charge in [0.05, 0.1) is 17.1 Å². The molecular formula is C24H30O4. The van der Waals surface area contributed by atoms with Crippen molar-refractivity contribution in [2.45, 2.75) is 71.5 Å². The van der Waals surface area contributed by atoms with Gasteiger partial charge < -0.3 is 14.3 Å². The van der Waals surface area contributed by atoms with Crippen molar-refractivity contribution in [3.63, 3.8) is 0 Å². The molecule has 0 fully saturated rings. The Balaban J connectivity index is 1.73. The molecule has 0 bridgehead atoms. The minimum atomic E-state index is -0.776. The molecule has 1 N–H and O–H groups in total. The number of hydrogen-bond donors (Lipinski definition) is 1. The zero-order chi connectivity index (χ0) is 20.3. The van der Waals surface area contributed by atoms with E-state index in [0.717, 1.165) is 19.3 Å². The average Bonchev–Trinajstić information content (AvgIpc) is 2.63. The van der Waals surface area contributed by atoms with Crippen LogP contribution in [0.5, 0.6) is 5.95 Å². The fourth-order valence-electron chi connectivity index (χ4n) is 3.62. The molecular weight excluding hydrogens is 352 g/mol. The van der Waals surface area contributed by atoms with Crippen LogP contribution in [0.3, 0.4) is 0 Å². The summed E-state index contributed by atoms with van der Waals surface area (Å²) < 4.78 is 11.9. The molecule has 4 heteroatoms. The summed E-state index contributed by atoms with van der Waals surface area (Å²) in [5.74, 6) is 0.251. The maximum atomic E-state index is 12.7. The smallest absolute Gasteiger partial charge is 0.292 e. The van der Waals surface area contributed by atoms with Crippen molar-refractivity contribution in [1.29, 1.82) is 0 Å². The van der Waals surface area contributed by atoms with Gasteiger partial charge in [0, 0.05) is 6.42 Å². The van der Waals surface area contributed by atoms with Crippen LogP contribution in [-0.2, 0) is 6.42 Å². The van der Waals surface area contributed by atoms with Crippen LogP contribution in [0.4, 0.5) is 0 Å². The van der Waals surface area contributed by atoms with E-state index in [1.54, 1.807) is 12.1 Å². The van der Waals surface area contributed by atoms with Gasteiger partial charge in [0.15, 0.2) is 5.43 Å². The zero-order valence-electron chi connectivity index (χ0n) is 17.2.